The minimum absolute atomic E-state index is 0.0234. The molecule has 182 valence electrons. The molecule has 6 fully saturated rings. The van der Waals surface area contributed by atoms with Gasteiger partial charge in [-0.25, -0.2) is 0 Å². The van der Waals surface area contributed by atoms with E-state index in [0.717, 1.165) is 32.4 Å². The van der Waals surface area contributed by atoms with E-state index >= 15 is 0 Å². The van der Waals surface area contributed by atoms with E-state index in [4.69, 9.17) is 18.9 Å². The first-order valence-electron chi connectivity index (χ1n) is 12.6. The minimum atomic E-state index is -0.999. The SMILES string of the molecule is CCN1C[C@@]2(COC)CC[C@H](OC)[C@@]34[C@@H]5C[C@@H]6[C@@H](O)[C@@H]5[C@@](O)(C[C@H]6OC)[C@@H]([C@H](OC)[C@@H]23)[C@@H]14. The van der Waals surface area contributed by atoms with Crippen LogP contribution in [0.25, 0.3) is 0 Å². The van der Waals surface area contributed by atoms with E-state index in [1.54, 1.807) is 7.11 Å². The maximum absolute atomic E-state index is 12.6. The molecular formula is C25H41NO6. The van der Waals surface area contributed by atoms with Gasteiger partial charge in [0.05, 0.1) is 36.6 Å². The first-order chi connectivity index (χ1) is 15.4. The lowest BCUT2D eigenvalue weighted by Crippen LogP contribution is -2.76. The molecule has 13 atom stereocenters. The zero-order valence-electron chi connectivity index (χ0n) is 20.2. The van der Waals surface area contributed by atoms with Crippen LogP contribution >= 0.6 is 0 Å². The van der Waals surface area contributed by atoms with Crippen molar-refractivity contribution in [3.63, 3.8) is 0 Å². The van der Waals surface area contributed by atoms with Crippen LogP contribution in [-0.2, 0) is 18.9 Å². The van der Waals surface area contributed by atoms with Gasteiger partial charge in [0.25, 0.3) is 0 Å². The van der Waals surface area contributed by atoms with Crippen LogP contribution < -0.4 is 0 Å². The van der Waals surface area contributed by atoms with Gasteiger partial charge in [-0.15, -0.1) is 0 Å². The summed E-state index contributed by atoms with van der Waals surface area (Å²) in [7, 11) is 7.23. The largest absolute Gasteiger partial charge is 0.392 e. The molecule has 6 aliphatic rings. The fourth-order valence-corrected chi connectivity index (χ4v) is 11.0. The summed E-state index contributed by atoms with van der Waals surface area (Å²) in [5.74, 6) is 0.310. The van der Waals surface area contributed by atoms with Crippen molar-refractivity contribution in [2.24, 2.45) is 40.4 Å². The van der Waals surface area contributed by atoms with Crippen LogP contribution in [-0.4, -0.2) is 99.3 Å². The predicted molar refractivity (Wildman–Crippen MR) is 117 cm³/mol. The molecule has 0 unspecified atom stereocenters. The Kier molecular flexibility index (Phi) is 4.94. The lowest BCUT2D eigenvalue weighted by molar-refractivity contribution is -0.276. The van der Waals surface area contributed by atoms with Crippen molar-refractivity contribution in [2.75, 3.05) is 48.1 Å². The highest BCUT2D eigenvalue weighted by Gasteiger charge is 2.86. The summed E-state index contributed by atoms with van der Waals surface area (Å²) in [6.45, 7) is 4.86. The molecule has 0 aromatic heterocycles. The van der Waals surface area contributed by atoms with Gasteiger partial charge >= 0.3 is 0 Å². The van der Waals surface area contributed by atoms with Gasteiger partial charge in [-0.2, -0.15) is 0 Å². The predicted octanol–water partition coefficient (Wildman–Crippen LogP) is 1.16. The lowest BCUT2D eigenvalue weighted by atomic mass is 9.43. The fourth-order valence-electron chi connectivity index (χ4n) is 11.0. The molecule has 6 rings (SSSR count). The molecule has 0 aromatic rings. The topological polar surface area (TPSA) is 80.6 Å². The third-order valence-corrected chi connectivity index (χ3v) is 11.4. The number of aliphatic hydroxyl groups is 2. The highest BCUT2D eigenvalue weighted by atomic mass is 16.5. The molecular weight excluding hydrogens is 410 g/mol. The first-order valence-corrected chi connectivity index (χ1v) is 12.6. The van der Waals surface area contributed by atoms with Crippen molar-refractivity contribution in [3.05, 3.63) is 0 Å². The second-order valence-electron chi connectivity index (χ2n) is 11.8. The van der Waals surface area contributed by atoms with Crippen molar-refractivity contribution >= 4 is 0 Å². The number of nitrogens with zero attached hydrogens (tertiary/aromatic N) is 1. The smallest absolute Gasteiger partial charge is 0.0796 e. The molecule has 0 amide bonds. The summed E-state index contributed by atoms with van der Waals surface area (Å²) in [5.41, 5.74) is -1.18. The van der Waals surface area contributed by atoms with Crippen molar-refractivity contribution < 1.29 is 29.2 Å². The normalized spacial score (nSPS) is 60.1. The fraction of sp³-hybridized carbons (Fsp3) is 1.00. The van der Waals surface area contributed by atoms with E-state index in [2.05, 4.69) is 11.8 Å². The van der Waals surface area contributed by atoms with Gasteiger partial charge in [0.15, 0.2) is 0 Å². The second kappa shape index (κ2) is 7.12. The molecule has 1 aliphatic heterocycles. The van der Waals surface area contributed by atoms with E-state index in [9.17, 15) is 10.2 Å². The number of likely N-dealkylation sites (tertiary alicyclic amines) is 1. The summed E-state index contributed by atoms with van der Waals surface area (Å²) < 4.78 is 24.5. The average molecular weight is 452 g/mol. The van der Waals surface area contributed by atoms with Crippen LogP contribution in [0.5, 0.6) is 0 Å². The monoisotopic (exact) mass is 451 g/mol. The molecule has 0 aromatic carbocycles. The number of fused-ring (bicyclic) bond motifs is 2. The second-order valence-corrected chi connectivity index (χ2v) is 11.8. The highest BCUT2D eigenvalue weighted by Crippen LogP contribution is 2.79. The van der Waals surface area contributed by atoms with Gasteiger partial charge in [-0.1, -0.05) is 6.92 Å². The third-order valence-electron chi connectivity index (χ3n) is 11.4. The number of piperidine rings is 1. The molecule has 32 heavy (non-hydrogen) atoms. The summed E-state index contributed by atoms with van der Waals surface area (Å²) in [5, 5.41) is 24.1. The Bertz CT molecular complexity index is 767. The number of ether oxygens (including phenoxy) is 4. The zero-order valence-corrected chi connectivity index (χ0v) is 20.2. The molecule has 2 N–H and O–H groups in total. The molecule has 7 nitrogen and oxygen atoms in total. The van der Waals surface area contributed by atoms with Crippen LogP contribution in [0.3, 0.4) is 0 Å². The molecule has 5 aliphatic carbocycles. The van der Waals surface area contributed by atoms with Crippen LogP contribution in [0.1, 0.15) is 32.6 Å². The summed E-state index contributed by atoms with van der Waals surface area (Å²) in [6, 6.07) is 0.186. The minimum Gasteiger partial charge on any atom is -0.392 e. The first kappa shape index (κ1) is 22.2. The van der Waals surface area contributed by atoms with Crippen LogP contribution in [0.15, 0.2) is 0 Å². The van der Waals surface area contributed by atoms with E-state index in [-0.39, 0.29) is 64.8 Å². The molecule has 7 heteroatoms. The molecule has 1 spiro atoms. The Morgan fingerprint density at radius 3 is 2.47 bits per heavy atom. The number of hydrogen-bond donors (Lipinski definition) is 2. The Morgan fingerprint density at radius 1 is 1.06 bits per heavy atom. The number of rotatable bonds is 6. The zero-order chi connectivity index (χ0) is 22.6. The number of aliphatic hydroxyl groups excluding tert-OH is 1. The van der Waals surface area contributed by atoms with Gasteiger partial charge in [-0.3, -0.25) is 4.90 Å². The standard InChI is InChI=1S/C25H41NO6/c1-6-26-11-23(12-29-2)8-7-16(31-4)25-14-9-13-15(30-3)10-24(28,17(14)19(13)27)18(22(25)26)20(32-5)21(23)25/h13-22,27-28H,6-12H2,1-5H3/t13-,14+,15+,16-,17+,18-,19+,20-,21-,22+,23+,24-,25-/m0/s1. The Balaban J connectivity index is 1.63. The maximum Gasteiger partial charge on any atom is 0.0796 e. The summed E-state index contributed by atoms with van der Waals surface area (Å²) >= 11 is 0. The van der Waals surface area contributed by atoms with Gasteiger partial charge in [0.1, 0.15) is 0 Å². The molecule has 0 radical (unpaired) electrons. The third kappa shape index (κ3) is 2.19. The van der Waals surface area contributed by atoms with Crippen LogP contribution in [0, 0.1) is 40.4 Å². The summed E-state index contributed by atoms with van der Waals surface area (Å²) in [4.78, 5) is 2.62. The maximum atomic E-state index is 12.6. The average Bonchev–Trinajstić information content (AvgIpc) is 3.19. The van der Waals surface area contributed by atoms with Crippen molar-refractivity contribution in [1.82, 2.24) is 4.90 Å². The van der Waals surface area contributed by atoms with Crippen LogP contribution in [0.4, 0.5) is 0 Å². The van der Waals surface area contributed by atoms with E-state index < -0.39 is 11.7 Å². The summed E-state index contributed by atoms with van der Waals surface area (Å²) in [6.07, 6.45) is 2.89. The Hall–Kier alpha value is -0.280. The lowest BCUT2D eigenvalue weighted by Gasteiger charge is -2.69. The van der Waals surface area contributed by atoms with Crippen molar-refractivity contribution in [3.8, 4) is 0 Å². The van der Waals surface area contributed by atoms with E-state index in [1.807, 2.05) is 21.3 Å². The quantitative estimate of drug-likeness (QED) is 0.627. The molecule has 1 heterocycles. The molecule has 5 saturated carbocycles. The number of hydrogen-bond acceptors (Lipinski definition) is 7. The van der Waals surface area contributed by atoms with Gasteiger partial charge in [0, 0.05) is 81.9 Å². The van der Waals surface area contributed by atoms with Crippen molar-refractivity contribution in [1.29, 1.82) is 0 Å². The Morgan fingerprint density at radius 2 is 1.84 bits per heavy atom. The van der Waals surface area contributed by atoms with E-state index in [0.29, 0.717) is 13.0 Å². The molecule has 1 saturated heterocycles. The van der Waals surface area contributed by atoms with Gasteiger partial charge < -0.3 is 29.2 Å². The highest BCUT2D eigenvalue weighted by molar-refractivity contribution is 5.35. The van der Waals surface area contributed by atoms with Gasteiger partial charge in [-0.05, 0) is 31.7 Å². The van der Waals surface area contributed by atoms with Crippen molar-refractivity contribution in [2.45, 2.75) is 68.7 Å². The van der Waals surface area contributed by atoms with E-state index in [1.165, 1.54) is 0 Å². The van der Waals surface area contributed by atoms with Crippen LogP contribution in [0.2, 0.25) is 0 Å². The molecule has 7 bridgehead atoms. The van der Waals surface area contributed by atoms with Gasteiger partial charge in [0.2, 0.25) is 0 Å². The number of methoxy groups -OCH3 is 4. The Labute approximate surface area is 191 Å².